The summed E-state index contributed by atoms with van der Waals surface area (Å²) in [6, 6.07) is 15.8. The van der Waals surface area contributed by atoms with Gasteiger partial charge in [0.05, 0.1) is 5.60 Å². The van der Waals surface area contributed by atoms with Gasteiger partial charge in [-0.3, -0.25) is 0 Å². The van der Waals surface area contributed by atoms with Gasteiger partial charge in [0.1, 0.15) is 5.82 Å². The highest BCUT2D eigenvalue weighted by atomic mass is 19.1. The Kier molecular flexibility index (Phi) is 7.25. The first-order chi connectivity index (χ1) is 13.5. The molecule has 2 nitrogen and oxygen atoms in total. The summed E-state index contributed by atoms with van der Waals surface area (Å²) in [5.74, 6) is 1.01. The van der Waals surface area contributed by atoms with Gasteiger partial charge in [0.25, 0.3) is 0 Å². The molecule has 0 aromatic heterocycles. The zero-order chi connectivity index (χ0) is 20.0. The Hall–Kier alpha value is -1.71. The van der Waals surface area contributed by atoms with Crippen molar-refractivity contribution >= 4 is 0 Å². The molecule has 0 aliphatic carbocycles. The number of rotatable bonds is 8. The average molecular weight is 384 g/mol. The molecule has 3 heteroatoms. The molecule has 0 unspecified atom stereocenters. The summed E-state index contributed by atoms with van der Waals surface area (Å²) in [5.41, 5.74) is 3.88. The maximum absolute atomic E-state index is 13.1. The normalized spacial score (nSPS) is 23.5. The minimum Gasteiger partial charge on any atom is -0.375 e. The molecule has 1 heterocycles. The second-order valence-corrected chi connectivity index (χ2v) is 8.51. The van der Waals surface area contributed by atoms with Crippen LogP contribution in [-0.2, 0) is 11.3 Å². The quantitative estimate of drug-likeness (QED) is 0.565. The molecule has 0 bridgehead atoms. The summed E-state index contributed by atoms with van der Waals surface area (Å²) < 4.78 is 19.2. The summed E-state index contributed by atoms with van der Waals surface area (Å²) >= 11 is 0. The number of hydrogen-bond donors (Lipinski definition) is 1. The summed E-state index contributed by atoms with van der Waals surface area (Å²) in [5, 5.41) is 3.55. The van der Waals surface area contributed by atoms with Crippen molar-refractivity contribution in [2.45, 2.75) is 64.5 Å². The lowest BCUT2D eigenvalue weighted by Crippen LogP contribution is -2.38. The summed E-state index contributed by atoms with van der Waals surface area (Å²) in [6.45, 7) is 9.23. The van der Waals surface area contributed by atoms with Crippen LogP contribution >= 0.6 is 0 Å². The van der Waals surface area contributed by atoms with Crippen molar-refractivity contribution in [1.82, 2.24) is 5.32 Å². The van der Waals surface area contributed by atoms with E-state index in [-0.39, 0.29) is 11.4 Å². The second-order valence-electron chi connectivity index (χ2n) is 8.51. The molecule has 3 atom stereocenters. The number of aryl methyl sites for hydroxylation is 1. The Morgan fingerprint density at radius 2 is 1.86 bits per heavy atom. The predicted molar refractivity (Wildman–Crippen MR) is 114 cm³/mol. The molecule has 1 saturated heterocycles. The van der Waals surface area contributed by atoms with Crippen molar-refractivity contribution in [3.05, 3.63) is 71.0 Å². The molecule has 28 heavy (non-hydrogen) atoms. The van der Waals surface area contributed by atoms with E-state index in [9.17, 15) is 4.39 Å². The van der Waals surface area contributed by atoms with Crippen LogP contribution in [0.25, 0.3) is 0 Å². The first-order valence-corrected chi connectivity index (χ1v) is 10.6. The minimum atomic E-state index is -0.179. The van der Waals surface area contributed by atoms with Crippen LogP contribution < -0.4 is 5.32 Å². The highest BCUT2D eigenvalue weighted by Crippen LogP contribution is 2.41. The Morgan fingerprint density at radius 1 is 1.14 bits per heavy atom. The van der Waals surface area contributed by atoms with Gasteiger partial charge in [-0.25, -0.2) is 4.39 Å². The van der Waals surface area contributed by atoms with E-state index in [4.69, 9.17) is 4.74 Å². The van der Waals surface area contributed by atoms with Crippen LogP contribution in [0.1, 0.15) is 62.1 Å². The molecule has 2 aromatic rings. The van der Waals surface area contributed by atoms with Gasteiger partial charge in [-0.1, -0.05) is 48.9 Å². The van der Waals surface area contributed by atoms with Crippen molar-refractivity contribution in [2.75, 3.05) is 13.2 Å². The summed E-state index contributed by atoms with van der Waals surface area (Å²) in [7, 11) is 0. The van der Waals surface area contributed by atoms with Crippen LogP contribution in [0.4, 0.5) is 4.39 Å². The molecule has 0 radical (unpaired) electrons. The SMILES string of the molecule is CC[C@@]1(C)C[C@@H]([C@H](CCNCc2ccc(F)cc2)c2ccc(C)cc2)CCO1. The number of nitrogens with one attached hydrogen (secondary N) is 1. The fourth-order valence-electron chi connectivity index (χ4n) is 4.34. The Balaban J connectivity index is 1.64. The van der Waals surface area contributed by atoms with Gasteiger partial charge in [-0.15, -0.1) is 0 Å². The molecule has 2 aromatic carbocycles. The third-order valence-corrected chi connectivity index (χ3v) is 6.33. The van der Waals surface area contributed by atoms with Crippen molar-refractivity contribution < 1.29 is 9.13 Å². The maximum atomic E-state index is 13.1. The van der Waals surface area contributed by atoms with Crippen LogP contribution in [-0.4, -0.2) is 18.8 Å². The van der Waals surface area contributed by atoms with E-state index in [0.717, 1.165) is 50.9 Å². The topological polar surface area (TPSA) is 21.3 Å². The molecule has 0 spiro atoms. The van der Waals surface area contributed by atoms with Gasteiger partial charge in [-0.05, 0) is 81.2 Å². The number of halogens is 1. The fourth-order valence-corrected chi connectivity index (χ4v) is 4.34. The minimum absolute atomic E-state index is 0.00735. The Bertz CT molecular complexity index is 727. The molecule has 1 aliphatic heterocycles. The largest absolute Gasteiger partial charge is 0.375 e. The lowest BCUT2D eigenvalue weighted by Gasteiger charge is -2.41. The van der Waals surface area contributed by atoms with Gasteiger partial charge in [0.15, 0.2) is 0 Å². The molecule has 1 fully saturated rings. The zero-order valence-corrected chi connectivity index (χ0v) is 17.5. The van der Waals surface area contributed by atoms with Crippen molar-refractivity contribution in [1.29, 1.82) is 0 Å². The second kappa shape index (κ2) is 9.67. The van der Waals surface area contributed by atoms with E-state index in [1.54, 1.807) is 0 Å². The molecule has 0 amide bonds. The van der Waals surface area contributed by atoms with E-state index < -0.39 is 0 Å². The van der Waals surface area contributed by atoms with Crippen molar-refractivity contribution in [2.24, 2.45) is 5.92 Å². The van der Waals surface area contributed by atoms with Gasteiger partial charge in [0.2, 0.25) is 0 Å². The van der Waals surface area contributed by atoms with Gasteiger partial charge >= 0.3 is 0 Å². The van der Waals surface area contributed by atoms with E-state index in [0.29, 0.717) is 11.8 Å². The first kappa shape index (κ1) is 21.0. The molecule has 1 aliphatic rings. The number of ether oxygens (including phenoxy) is 1. The third-order valence-electron chi connectivity index (χ3n) is 6.33. The molecule has 3 rings (SSSR count). The van der Waals surface area contributed by atoms with Crippen molar-refractivity contribution in [3.63, 3.8) is 0 Å². The average Bonchev–Trinajstić information content (AvgIpc) is 2.70. The lowest BCUT2D eigenvalue weighted by atomic mass is 9.74. The van der Waals surface area contributed by atoms with Crippen LogP contribution in [0, 0.1) is 18.7 Å². The fraction of sp³-hybridized carbons (Fsp3) is 0.520. The van der Waals surface area contributed by atoms with E-state index in [1.165, 1.54) is 23.3 Å². The van der Waals surface area contributed by atoms with Gasteiger partial charge < -0.3 is 10.1 Å². The van der Waals surface area contributed by atoms with Crippen LogP contribution in [0.2, 0.25) is 0 Å². The van der Waals surface area contributed by atoms with Crippen LogP contribution in [0.5, 0.6) is 0 Å². The van der Waals surface area contributed by atoms with E-state index in [1.807, 2.05) is 12.1 Å². The Morgan fingerprint density at radius 3 is 2.54 bits per heavy atom. The van der Waals surface area contributed by atoms with Gasteiger partial charge in [-0.2, -0.15) is 0 Å². The van der Waals surface area contributed by atoms with Gasteiger partial charge in [0, 0.05) is 13.2 Å². The molecular formula is C25H34FNO. The summed E-state index contributed by atoms with van der Waals surface area (Å²) in [6.07, 6.45) is 4.42. The maximum Gasteiger partial charge on any atom is 0.123 e. The first-order valence-electron chi connectivity index (χ1n) is 10.6. The molecule has 152 valence electrons. The number of benzene rings is 2. The lowest BCUT2D eigenvalue weighted by molar-refractivity contribution is -0.0915. The van der Waals surface area contributed by atoms with E-state index in [2.05, 4.69) is 50.4 Å². The monoisotopic (exact) mass is 383 g/mol. The zero-order valence-electron chi connectivity index (χ0n) is 17.5. The third kappa shape index (κ3) is 5.65. The van der Waals surface area contributed by atoms with E-state index >= 15 is 0 Å². The Labute approximate surface area is 169 Å². The molecule has 0 saturated carbocycles. The van der Waals surface area contributed by atoms with Crippen LogP contribution in [0.15, 0.2) is 48.5 Å². The standard InChI is InChI=1S/C25H34FNO/c1-4-25(3)17-22(14-16-28-25)24(21-9-5-19(2)6-10-21)13-15-27-18-20-7-11-23(26)12-8-20/h5-12,22,24,27H,4,13-18H2,1-3H3/t22-,24+,25-/m0/s1. The summed E-state index contributed by atoms with van der Waals surface area (Å²) in [4.78, 5) is 0. The highest BCUT2D eigenvalue weighted by Gasteiger charge is 2.35. The number of hydrogen-bond acceptors (Lipinski definition) is 2. The van der Waals surface area contributed by atoms with Crippen molar-refractivity contribution in [3.8, 4) is 0 Å². The molecule has 1 N–H and O–H groups in total. The smallest absolute Gasteiger partial charge is 0.123 e. The van der Waals surface area contributed by atoms with Crippen LogP contribution in [0.3, 0.4) is 0 Å². The highest BCUT2D eigenvalue weighted by molar-refractivity contribution is 5.25. The molecular weight excluding hydrogens is 349 g/mol. The predicted octanol–water partition coefficient (Wildman–Crippen LogP) is 5.99.